The molecule has 1 saturated heterocycles. The molecule has 1 aromatic carbocycles. The van der Waals surface area contributed by atoms with Gasteiger partial charge in [0.25, 0.3) is 5.91 Å². The molecule has 8 heteroatoms. The maximum Gasteiger partial charge on any atom is 0.251 e. The molecule has 1 aliphatic heterocycles. The first-order valence-electron chi connectivity index (χ1n) is 14.7. The quantitative estimate of drug-likeness (QED) is 0.364. The number of aryl methyl sites for hydroxylation is 1. The summed E-state index contributed by atoms with van der Waals surface area (Å²) in [6.07, 6.45) is 14.4. The number of rotatable bonds is 13. The maximum absolute atomic E-state index is 12.9. The average Bonchev–Trinajstić information content (AvgIpc) is 3.34. The fraction of sp³-hybridized carbons (Fsp3) is 0.531. The van der Waals surface area contributed by atoms with Crippen LogP contribution in [0.1, 0.15) is 55.5 Å². The SMILES string of the molecule is CCCC(C/C=C/C(C)C(=O)C1=CCC(O)C=C1)Cn1cc2cc(C(=O)NCCN3CCOCC3)c(C)cc2n1. The van der Waals surface area contributed by atoms with Crippen molar-refractivity contribution in [3.05, 3.63) is 65.4 Å². The predicted octanol–water partition coefficient (Wildman–Crippen LogP) is 4.22. The molecule has 1 fully saturated rings. The van der Waals surface area contributed by atoms with Gasteiger partial charge in [0.1, 0.15) is 0 Å². The van der Waals surface area contributed by atoms with Gasteiger partial charge in [-0.05, 0) is 49.8 Å². The molecule has 3 atom stereocenters. The maximum atomic E-state index is 12.9. The number of ether oxygens (including phenoxy) is 1. The van der Waals surface area contributed by atoms with Gasteiger partial charge in [-0.1, -0.05) is 50.6 Å². The standard InChI is InChI=1S/C32H44N4O4/c1-4-6-25(8-5-7-23(2)31(38)26-9-11-28(37)12-10-26)21-36-22-27-20-29(24(3)19-30(27)34-36)32(39)33-13-14-35-15-17-40-18-16-35/h5,7,9-11,19-20,22-23,25,28,37H,4,6,8,12-18,21H2,1-3H3,(H,33,39)/b7-5+. The van der Waals surface area contributed by atoms with E-state index in [-0.39, 0.29) is 17.6 Å². The first-order valence-corrected chi connectivity index (χ1v) is 14.7. The summed E-state index contributed by atoms with van der Waals surface area (Å²) >= 11 is 0. The van der Waals surface area contributed by atoms with Gasteiger partial charge in [-0.15, -0.1) is 0 Å². The number of carbonyl (C=O) groups excluding carboxylic acids is 2. The van der Waals surface area contributed by atoms with Crippen LogP contribution in [-0.4, -0.2) is 77.0 Å². The van der Waals surface area contributed by atoms with Crippen molar-refractivity contribution in [2.24, 2.45) is 11.8 Å². The second-order valence-electron chi connectivity index (χ2n) is 11.1. The minimum absolute atomic E-state index is 0.0475. The Balaban J connectivity index is 1.34. The molecule has 0 radical (unpaired) electrons. The van der Waals surface area contributed by atoms with Crippen molar-refractivity contribution in [1.29, 1.82) is 0 Å². The van der Waals surface area contributed by atoms with Crippen LogP contribution in [0, 0.1) is 18.8 Å². The minimum Gasteiger partial charge on any atom is -0.389 e. The number of aliphatic hydroxyl groups excluding tert-OH is 1. The number of hydrogen-bond acceptors (Lipinski definition) is 6. The zero-order chi connectivity index (χ0) is 28.5. The number of Topliss-reactive ketones (excluding diaryl/α,β-unsaturated/α-hetero) is 1. The molecule has 0 saturated carbocycles. The first kappa shape index (κ1) is 29.9. The Hall–Kier alpha value is -3.07. The Morgan fingerprint density at radius 1 is 1.27 bits per heavy atom. The molecule has 216 valence electrons. The van der Waals surface area contributed by atoms with E-state index in [0.717, 1.165) is 75.1 Å². The van der Waals surface area contributed by atoms with E-state index in [0.29, 0.717) is 30.0 Å². The molecule has 2 N–H and O–H groups in total. The number of fused-ring (bicyclic) bond motifs is 1. The molecular formula is C32H44N4O4. The summed E-state index contributed by atoms with van der Waals surface area (Å²) in [7, 11) is 0. The molecule has 1 aromatic heterocycles. The number of aromatic nitrogens is 2. The van der Waals surface area contributed by atoms with Gasteiger partial charge in [-0.3, -0.25) is 19.2 Å². The summed E-state index contributed by atoms with van der Waals surface area (Å²) in [4.78, 5) is 28.0. The normalized spacial score (nSPS) is 19.6. The van der Waals surface area contributed by atoms with Gasteiger partial charge < -0.3 is 15.2 Å². The van der Waals surface area contributed by atoms with Gasteiger partial charge in [-0.2, -0.15) is 5.10 Å². The van der Waals surface area contributed by atoms with E-state index in [2.05, 4.69) is 23.2 Å². The van der Waals surface area contributed by atoms with Crippen molar-refractivity contribution in [2.75, 3.05) is 39.4 Å². The third-order valence-electron chi connectivity index (χ3n) is 7.77. The molecule has 40 heavy (non-hydrogen) atoms. The third kappa shape index (κ3) is 8.22. The van der Waals surface area contributed by atoms with E-state index in [1.54, 1.807) is 12.2 Å². The Labute approximate surface area is 237 Å². The van der Waals surface area contributed by atoms with Gasteiger partial charge >= 0.3 is 0 Å². The Bertz CT molecular complexity index is 1260. The van der Waals surface area contributed by atoms with Crippen LogP contribution in [0.2, 0.25) is 0 Å². The molecule has 4 rings (SSSR count). The monoisotopic (exact) mass is 548 g/mol. The summed E-state index contributed by atoms with van der Waals surface area (Å²) in [5.41, 5.74) is 3.19. The summed E-state index contributed by atoms with van der Waals surface area (Å²) in [6.45, 7) is 11.6. The van der Waals surface area contributed by atoms with Crippen LogP contribution in [0.5, 0.6) is 0 Å². The van der Waals surface area contributed by atoms with E-state index in [4.69, 9.17) is 9.84 Å². The lowest BCUT2D eigenvalue weighted by atomic mass is 9.93. The molecule has 0 bridgehead atoms. The summed E-state index contributed by atoms with van der Waals surface area (Å²) < 4.78 is 7.39. The number of allylic oxidation sites excluding steroid dienone is 4. The zero-order valence-corrected chi connectivity index (χ0v) is 24.1. The molecule has 3 unspecified atom stereocenters. The summed E-state index contributed by atoms with van der Waals surface area (Å²) in [5, 5.41) is 18.5. The largest absolute Gasteiger partial charge is 0.389 e. The van der Waals surface area contributed by atoms with Crippen LogP contribution in [0.25, 0.3) is 10.9 Å². The third-order valence-corrected chi connectivity index (χ3v) is 7.77. The molecule has 2 aromatic rings. The molecule has 2 heterocycles. The van der Waals surface area contributed by atoms with E-state index in [1.165, 1.54) is 0 Å². The van der Waals surface area contributed by atoms with E-state index >= 15 is 0 Å². The van der Waals surface area contributed by atoms with Crippen molar-refractivity contribution < 1.29 is 19.4 Å². The van der Waals surface area contributed by atoms with E-state index < -0.39 is 6.10 Å². The number of nitrogens with zero attached hydrogens (tertiary/aromatic N) is 3. The van der Waals surface area contributed by atoms with Crippen LogP contribution in [0.3, 0.4) is 0 Å². The first-order chi connectivity index (χ1) is 19.3. The second kappa shape index (κ2) is 14.5. The Morgan fingerprint density at radius 2 is 2.08 bits per heavy atom. The Kier molecular flexibility index (Phi) is 10.9. The van der Waals surface area contributed by atoms with Gasteiger partial charge in [0.2, 0.25) is 0 Å². The molecule has 1 aliphatic carbocycles. The van der Waals surface area contributed by atoms with Crippen molar-refractivity contribution in [2.45, 2.75) is 59.1 Å². The fourth-order valence-electron chi connectivity index (χ4n) is 5.39. The van der Waals surface area contributed by atoms with Crippen molar-refractivity contribution in [3.8, 4) is 0 Å². The highest BCUT2D eigenvalue weighted by molar-refractivity contribution is 6.00. The van der Waals surface area contributed by atoms with Crippen LogP contribution in [0.15, 0.2) is 54.3 Å². The fourth-order valence-corrected chi connectivity index (χ4v) is 5.39. The number of ketones is 1. The predicted molar refractivity (Wildman–Crippen MR) is 158 cm³/mol. The number of aliphatic hydroxyl groups is 1. The number of nitrogens with one attached hydrogen (secondary N) is 1. The smallest absolute Gasteiger partial charge is 0.251 e. The number of carbonyl (C=O) groups is 2. The van der Waals surface area contributed by atoms with Crippen molar-refractivity contribution in [1.82, 2.24) is 20.0 Å². The topological polar surface area (TPSA) is 96.7 Å². The van der Waals surface area contributed by atoms with Crippen LogP contribution < -0.4 is 5.32 Å². The molecular weight excluding hydrogens is 504 g/mol. The number of hydrogen-bond donors (Lipinski definition) is 2. The van der Waals surface area contributed by atoms with Gasteiger partial charge in [-0.25, -0.2) is 0 Å². The van der Waals surface area contributed by atoms with Gasteiger partial charge in [0.05, 0.1) is 24.8 Å². The lowest BCUT2D eigenvalue weighted by Crippen LogP contribution is -2.41. The highest BCUT2D eigenvalue weighted by Crippen LogP contribution is 2.22. The summed E-state index contributed by atoms with van der Waals surface area (Å²) in [6, 6.07) is 3.95. The lowest BCUT2D eigenvalue weighted by Gasteiger charge is -2.26. The van der Waals surface area contributed by atoms with Crippen LogP contribution in [-0.2, 0) is 16.1 Å². The average molecular weight is 549 g/mol. The second-order valence-corrected chi connectivity index (χ2v) is 11.1. The van der Waals surface area contributed by atoms with Gasteiger partial charge in [0, 0.05) is 61.4 Å². The molecule has 0 spiro atoms. The Morgan fingerprint density at radius 3 is 2.80 bits per heavy atom. The lowest BCUT2D eigenvalue weighted by molar-refractivity contribution is -0.117. The zero-order valence-electron chi connectivity index (χ0n) is 24.1. The highest BCUT2D eigenvalue weighted by Gasteiger charge is 2.18. The molecule has 8 nitrogen and oxygen atoms in total. The van der Waals surface area contributed by atoms with Crippen LogP contribution >= 0.6 is 0 Å². The van der Waals surface area contributed by atoms with Gasteiger partial charge in [0.15, 0.2) is 5.78 Å². The number of morpholine rings is 1. The number of benzene rings is 1. The summed E-state index contributed by atoms with van der Waals surface area (Å²) in [5.74, 6) is 0.225. The van der Waals surface area contributed by atoms with E-state index in [1.807, 2.05) is 49.0 Å². The highest BCUT2D eigenvalue weighted by atomic mass is 16.5. The van der Waals surface area contributed by atoms with Crippen molar-refractivity contribution in [3.63, 3.8) is 0 Å². The van der Waals surface area contributed by atoms with Crippen LogP contribution in [0.4, 0.5) is 0 Å². The molecule has 1 amide bonds. The molecule has 2 aliphatic rings. The minimum atomic E-state index is -0.491. The van der Waals surface area contributed by atoms with E-state index in [9.17, 15) is 14.7 Å². The number of amides is 1. The van der Waals surface area contributed by atoms with Crippen molar-refractivity contribution >= 4 is 22.6 Å².